The predicted octanol–water partition coefficient (Wildman–Crippen LogP) is 9.71. The number of ether oxygens (including phenoxy) is 1. The normalized spacial score (nSPS) is 10.9. The Hall–Kier alpha value is -1.62. The first-order valence-electron chi connectivity index (χ1n) is 14.4. The van der Waals surface area contributed by atoms with Crippen LogP contribution in [0.5, 0.6) is 5.75 Å². The molecule has 0 aromatic heterocycles. The SMILES string of the molecule is CCCCCCCCCCCCCCCCCCCC(=S)Nc1ccccc1OCCCC(=O)O. The Kier molecular flexibility index (Phi) is 20.5. The van der Waals surface area contributed by atoms with Gasteiger partial charge in [0, 0.05) is 6.42 Å². The number of benzene rings is 1. The van der Waals surface area contributed by atoms with Gasteiger partial charge in [-0.3, -0.25) is 4.79 Å². The van der Waals surface area contributed by atoms with E-state index in [9.17, 15) is 4.79 Å². The second-order valence-corrected chi connectivity index (χ2v) is 10.3. The van der Waals surface area contributed by atoms with Crippen LogP contribution in [0, 0.1) is 0 Å². The third-order valence-corrected chi connectivity index (χ3v) is 6.77. The molecule has 0 aliphatic heterocycles. The number of nitrogens with one attached hydrogen (secondary N) is 1. The number of hydrogen-bond acceptors (Lipinski definition) is 3. The fraction of sp³-hybridized carbons (Fsp3) is 0.733. The lowest BCUT2D eigenvalue weighted by Gasteiger charge is -2.13. The summed E-state index contributed by atoms with van der Waals surface area (Å²) in [6, 6.07) is 7.71. The molecule has 35 heavy (non-hydrogen) atoms. The van der Waals surface area contributed by atoms with Gasteiger partial charge >= 0.3 is 5.97 Å². The Labute approximate surface area is 220 Å². The molecule has 200 valence electrons. The van der Waals surface area contributed by atoms with Crippen LogP contribution in [0.1, 0.15) is 135 Å². The number of anilines is 1. The van der Waals surface area contributed by atoms with Crippen molar-refractivity contribution in [2.45, 2.75) is 135 Å². The molecule has 1 aromatic rings. The predicted molar refractivity (Wildman–Crippen MR) is 154 cm³/mol. The molecule has 0 saturated heterocycles. The highest BCUT2D eigenvalue weighted by molar-refractivity contribution is 7.80. The zero-order valence-corrected chi connectivity index (χ0v) is 23.1. The first kappa shape index (κ1) is 31.4. The van der Waals surface area contributed by atoms with E-state index in [0.717, 1.165) is 29.3 Å². The van der Waals surface area contributed by atoms with Crippen molar-refractivity contribution in [3.8, 4) is 5.75 Å². The van der Waals surface area contributed by atoms with Crippen LogP contribution in [0.2, 0.25) is 0 Å². The molecule has 0 amide bonds. The van der Waals surface area contributed by atoms with E-state index in [2.05, 4.69) is 12.2 Å². The number of rotatable bonds is 24. The first-order chi connectivity index (χ1) is 17.1. The third-order valence-electron chi connectivity index (χ3n) is 6.46. The number of para-hydroxylation sites is 2. The molecular formula is C30H51NO3S. The van der Waals surface area contributed by atoms with Gasteiger partial charge in [0.1, 0.15) is 5.75 Å². The van der Waals surface area contributed by atoms with E-state index in [1.54, 1.807) is 0 Å². The molecule has 0 bridgehead atoms. The summed E-state index contributed by atoms with van der Waals surface area (Å²) in [7, 11) is 0. The highest BCUT2D eigenvalue weighted by Crippen LogP contribution is 2.25. The standard InChI is InChI=1S/C30H51NO3S/c1-2-3-4-5-6-7-8-9-10-11-12-13-14-15-16-17-18-24-29(35)31-27-22-19-20-23-28(27)34-26-21-25-30(32)33/h19-20,22-23H,2-18,21,24-26H2,1H3,(H,31,35)(H,32,33). The molecule has 0 radical (unpaired) electrons. The average molecular weight is 506 g/mol. The highest BCUT2D eigenvalue weighted by atomic mass is 32.1. The minimum atomic E-state index is -0.796. The summed E-state index contributed by atoms with van der Waals surface area (Å²) in [6.07, 6.45) is 24.9. The second-order valence-electron chi connectivity index (χ2n) is 9.80. The van der Waals surface area contributed by atoms with Gasteiger partial charge in [-0.05, 0) is 31.4 Å². The van der Waals surface area contributed by atoms with Crippen molar-refractivity contribution in [2.75, 3.05) is 11.9 Å². The first-order valence-corrected chi connectivity index (χ1v) is 14.8. The number of unbranched alkanes of at least 4 members (excludes halogenated alkanes) is 16. The fourth-order valence-electron chi connectivity index (χ4n) is 4.32. The summed E-state index contributed by atoms with van der Waals surface area (Å²) in [5.74, 6) is -0.0714. The topological polar surface area (TPSA) is 58.6 Å². The molecule has 2 N–H and O–H groups in total. The van der Waals surface area contributed by atoms with E-state index in [4.69, 9.17) is 22.1 Å². The fourth-order valence-corrected chi connectivity index (χ4v) is 4.58. The van der Waals surface area contributed by atoms with Crippen LogP contribution in [0.25, 0.3) is 0 Å². The van der Waals surface area contributed by atoms with Crippen molar-refractivity contribution in [3.05, 3.63) is 24.3 Å². The third kappa shape index (κ3) is 19.3. The van der Waals surface area contributed by atoms with E-state index < -0.39 is 5.97 Å². The van der Waals surface area contributed by atoms with Gasteiger partial charge in [-0.1, -0.05) is 134 Å². The van der Waals surface area contributed by atoms with Gasteiger partial charge in [0.15, 0.2) is 0 Å². The maximum Gasteiger partial charge on any atom is 0.303 e. The quantitative estimate of drug-likeness (QED) is 0.108. The molecule has 0 saturated carbocycles. The smallest absolute Gasteiger partial charge is 0.303 e. The lowest BCUT2D eigenvalue weighted by atomic mass is 10.0. The van der Waals surface area contributed by atoms with Crippen LogP contribution in [0.4, 0.5) is 5.69 Å². The summed E-state index contributed by atoms with van der Waals surface area (Å²) in [4.78, 5) is 11.5. The number of carbonyl (C=O) groups is 1. The molecule has 0 fully saturated rings. The molecule has 0 unspecified atom stereocenters. The zero-order valence-electron chi connectivity index (χ0n) is 22.3. The van der Waals surface area contributed by atoms with Crippen LogP contribution in [-0.2, 0) is 4.79 Å². The van der Waals surface area contributed by atoms with Crippen molar-refractivity contribution < 1.29 is 14.6 Å². The number of carboxylic acids is 1. The molecule has 0 heterocycles. The van der Waals surface area contributed by atoms with Gasteiger partial charge < -0.3 is 15.2 Å². The molecule has 0 aliphatic carbocycles. The Balaban J connectivity index is 1.95. The van der Waals surface area contributed by atoms with E-state index in [-0.39, 0.29) is 6.42 Å². The van der Waals surface area contributed by atoms with Crippen molar-refractivity contribution in [1.29, 1.82) is 0 Å². The Morgan fingerprint density at radius 1 is 0.743 bits per heavy atom. The van der Waals surface area contributed by atoms with Gasteiger partial charge in [0.25, 0.3) is 0 Å². The summed E-state index contributed by atoms with van der Waals surface area (Å²) in [5, 5.41) is 12.0. The van der Waals surface area contributed by atoms with Gasteiger partial charge in [-0.15, -0.1) is 0 Å². The van der Waals surface area contributed by atoms with Crippen molar-refractivity contribution in [2.24, 2.45) is 0 Å². The largest absolute Gasteiger partial charge is 0.491 e. The monoisotopic (exact) mass is 505 g/mol. The minimum absolute atomic E-state index is 0.118. The molecule has 4 nitrogen and oxygen atoms in total. The van der Waals surface area contributed by atoms with Crippen LogP contribution >= 0.6 is 12.2 Å². The molecule has 1 rings (SSSR count). The van der Waals surface area contributed by atoms with E-state index in [1.165, 1.54) is 103 Å². The number of aliphatic carboxylic acids is 1. The minimum Gasteiger partial charge on any atom is -0.491 e. The Bertz CT molecular complexity index is 665. The van der Waals surface area contributed by atoms with Gasteiger partial charge in [-0.2, -0.15) is 0 Å². The van der Waals surface area contributed by atoms with E-state index in [1.807, 2.05) is 24.3 Å². The summed E-state index contributed by atoms with van der Waals surface area (Å²) in [6.45, 7) is 2.67. The van der Waals surface area contributed by atoms with Crippen molar-refractivity contribution >= 4 is 28.9 Å². The molecule has 0 aliphatic rings. The molecule has 1 aromatic carbocycles. The van der Waals surface area contributed by atoms with E-state index >= 15 is 0 Å². The van der Waals surface area contributed by atoms with Crippen LogP contribution < -0.4 is 10.1 Å². The van der Waals surface area contributed by atoms with Crippen LogP contribution in [-0.4, -0.2) is 22.7 Å². The zero-order chi connectivity index (χ0) is 25.4. The maximum atomic E-state index is 10.6. The average Bonchev–Trinajstić information content (AvgIpc) is 2.84. The van der Waals surface area contributed by atoms with Crippen LogP contribution in [0.3, 0.4) is 0 Å². The number of hydrogen-bond donors (Lipinski definition) is 2. The maximum absolute atomic E-state index is 10.6. The molecule has 0 atom stereocenters. The number of thiocarbonyl (C=S) groups is 1. The molecule has 0 spiro atoms. The van der Waals surface area contributed by atoms with Gasteiger partial charge in [0.05, 0.1) is 17.3 Å². The van der Waals surface area contributed by atoms with Gasteiger partial charge in [-0.25, -0.2) is 0 Å². The summed E-state index contributed by atoms with van der Waals surface area (Å²) in [5.41, 5.74) is 0.861. The lowest BCUT2D eigenvalue weighted by molar-refractivity contribution is -0.137. The Morgan fingerprint density at radius 3 is 1.74 bits per heavy atom. The highest BCUT2D eigenvalue weighted by Gasteiger charge is 2.06. The summed E-state index contributed by atoms with van der Waals surface area (Å²) >= 11 is 5.53. The number of carboxylic acid groups (broad SMARTS) is 1. The van der Waals surface area contributed by atoms with Gasteiger partial charge in [0.2, 0.25) is 0 Å². The van der Waals surface area contributed by atoms with E-state index in [0.29, 0.717) is 13.0 Å². The van der Waals surface area contributed by atoms with Crippen molar-refractivity contribution in [1.82, 2.24) is 0 Å². The molecular weight excluding hydrogens is 454 g/mol. The summed E-state index contributed by atoms with van der Waals surface area (Å²) < 4.78 is 5.74. The van der Waals surface area contributed by atoms with Crippen LogP contribution in [0.15, 0.2) is 24.3 Å². The van der Waals surface area contributed by atoms with Crippen molar-refractivity contribution in [3.63, 3.8) is 0 Å². The molecule has 5 heteroatoms. The Morgan fingerprint density at radius 2 is 1.23 bits per heavy atom. The second kappa shape index (κ2) is 22.8. The lowest BCUT2D eigenvalue weighted by Crippen LogP contribution is -2.10.